The Morgan fingerprint density at radius 1 is 1.53 bits per heavy atom. The molecule has 0 fully saturated rings. The number of carbonyl (C=O) groups excluding carboxylic acids is 1. The highest BCUT2D eigenvalue weighted by Gasteiger charge is 2.09. The first-order chi connectivity index (χ1) is 7.15. The van der Waals surface area contributed by atoms with Crippen LogP contribution in [0.4, 0.5) is 0 Å². The number of alkyl halides is 1. The number of amides is 1. The lowest BCUT2D eigenvalue weighted by Crippen LogP contribution is -2.13. The van der Waals surface area contributed by atoms with E-state index < -0.39 is 5.91 Å². The number of benzene rings is 1. The number of primary amides is 1. The van der Waals surface area contributed by atoms with Gasteiger partial charge in [0.15, 0.2) is 0 Å². The van der Waals surface area contributed by atoms with Crippen LogP contribution < -0.4 is 10.5 Å². The number of carbonyl (C=O) groups is 1. The second kappa shape index (κ2) is 6.17. The van der Waals surface area contributed by atoms with Crippen LogP contribution in [0.2, 0.25) is 5.02 Å². The van der Waals surface area contributed by atoms with Gasteiger partial charge in [-0.15, -0.1) is 0 Å². The molecule has 0 saturated heterocycles. The molecule has 0 heterocycles. The SMILES string of the molecule is NC(=O)c1cc(Cl)ccc1OCCCI. The predicted octanol–water partition coefficient (Wildman–Crippen LogP) is 2.64. The predicted molar refractivity (Wildman–Crippen MR) is 69.0 cm³/mol. The standard InChI is InChI=1S/C10H11ClINO2/c11-7-2-3-9(15-5-1-4-12)8(6-7)10(13)14/h2-3,6H,1,4-5H2,(H2,13,14). The van der Waals surface area contributed by atoms with Gasteiger partial charge in [-0.1, -0.05) is 34.2 Å². The number of halogens is 2. The Kier molecular flexibility index (Phi) is 5.17. The highest BCUT2D eigenvalue weighted by molar-refractivity contribution is 14.1. The van der Waals surface area contributed by atoms with Crippen LogP contribution >= 0.6 is 34.2 Å². The van der Waals surface area contributed by atoms with Gasteiger partial charge in [0.1, 0.15) is 5.75 Å². The molecule has 0 atom stereocenters. The Morgan fingerprint density at radius 3 is 2.87 bits per heavy atom. The maximum absolute atomic E-state index is 11.1. The third kappa shape index (κ3) is 3.87. The molecule has 0 saturated carbocycles. The summed E-state index contributed by atoms with van der Waals surface area (Å²) in [6.07, 6.45) is 0.932. The van der Waals surface area contributed by atoms with E-state index >= 15 is 0 Å². The second-order valence-corrected chi connectivity index (χ2v) is 4.41. The third-order valence-corrected chi connectivity index (χ3v) is 2.74. The van der Waals surface area contributed by atoms with Crippen LogP contribution in [0.1, 0.15) is 16.8 Å². The van der Waals surface area contributed by atoms with Crippen LogP contribution in [0, 0.1) is 0 Å². The Bertz CT molecular complexity index is 357. The largest absolute Gasteiger partial charge is 0.493 e. The third-order valence-electron chi connectivity index (χ3n) is 1.74. The van der Waals surface area contributed by atoms with E-state index in [1.807, 2.05) is 0 Å². The van der Waals surface area contributed by atoms with Crippen molar-refractivity contribution in [2.24, 2.45) is 5.73 Å². The molecule has 0 radical (unpaired) electrons. The Hall–Kier alpha value is -0.490. The molecule has 1 rings (SSSR count). The van der Waals surface area contributed by atoms with Gasteiger partial charge in [0.05, 0.1) is 12.2 Å². The van der Waals surface area contributed by atoms with Crippen LogP contribution in [0.3, 0.4) is 0 Å². The average Bonchev–Trinajstić information content (AvgIpc) is 2.20. The van der Waals surface area contributed by atoms with Crippen molar-refractivity contribution in [2.45, 2.75) is 6.42 Å². The van der Waals surface area contributed by atoms with Gasteiger partial charge in [-0.25, -0.2) is 0 Å². The maximum Gasteiger partial charge on any atom is 0.252 e. The summed E-state index contributed by atoms with van der Waals surface area (Å²) in [6.45, 7) is 0.574. The summed E-state index contributed by atoms with van der Waals surface area (Å²) in [5, 5.41) is 0.477. The summed E-state index contributed by atoms with van der Waals surface area (Å²) in [5.74, 6) is -0.0290. The molecule has 5 heteroatoms. The highest BCUT2D eigenvalue weighted by Crippen LogP contribution is 2.22. The smallest absolute Gasteiger partial charge is 0.252 e. The molecule has 0 spiro atoms. The summed E-state index contributed by atoms with van der Waals surface area (Å²) in [6, 6.07) is 4.85. The molecule has 82 valence electrons. The molecule has 0 unspecified atom stereocenters. The molecule has 0 aliphatic rings. The van der Waals surface area contributed by atoms with E-state index in [1.54, 1.807) is 12.1 Å². The number of ether oxygens (including phenoxy) is 1. The van der Waals surface area contributed by atoms with Crippen molar-refractivity contribution in [2.75, 3.05) is 11.0 Å². The first-order valence-corrected chi connectivity index (χ1v) is 6.33. The maximum atomic E-state index is 11.1. The van der Waals surface area contributed by atoms with Crippen molar-refractivity contribution in [3.8, 4) is 5.75 Å². The van der Waals surface area contributed by atoms with Crippen molar-refractivity contribution in [3.63, 3.8) is 0 Å². The molecular weight excluding hydrogens is 328 g/mol. The lowest BCUT2D eigenvalue weighted by molar-refractivity contribution is 0.0996. The summed E-state index contributed by atoms with van der Waals surface area (Å²) >= 11 is 8.02. The van der Waals surface area contributed by atoms with Crippen LogP contribution in [0.25, 0.3) is 0 Å². The van der Waals surface area contributed by atoms with Gasteiger partial charge >= 0.3 is 0 Å². The summed E-state index contributed by atoms with van der Waals surface area (Å²) in [7, 11) is 0. The van der Waals surface area contributed by atoms with E-state index in [-0.39, 0.29) is 0 Å². The Balaban J connectivity index is 2.81. The van der Waals surface area contributed by atoms with Gasteiger partial charge < -0.3 is 10.5 Å². The molecule has 1 aromatic rings. The van der Waals surface area contributed by atoms with Crippen LogP contribution in [0.15, 0.2) is 18.2 Å². The van der Waals surface area contributed by atoms with Gasteiger partial charge in [0, 0.05) is 9.45 Å². The molecule has 0 aromatic heterocycles. The van der Waals surface area contributed by atoms with Gasteiger partial charge in [0.25, 0.3) is 5.91 Å². The monoisotopic (exact) mass is 339 g/mol. The number of nitrogens with two attached hydrogens (primary N) is 1. The molecular formula is C10H11ClINO2. The Morgan fingerprint density at radius 2 is 2.27 bits per heavy atom. The van der Waals surface area contributed by atoms with E-state index in [2.05, 4.69) is 22.6 Å². The normalized spacial score (nSPS) is 10.0. The fourth-order valence-corrected chi connectivity index (χ4v) is 1.54. The van der Waals surface area contributed by atoms with Crippen LogP contribution in [-0.4, -0.2) is 16.9 Å². The average molecular weight is 340 g/mol. The fourth-order valence-electron chi connectivity index (χ4n) is 1.06. The van der Waals surface area contributed by atoms with E-state index in [9.17, 15) is 4.79 Å². The van der Waals surface area contributed by atoms with E-state index in [4.69, 9.17) is 22.1 Å². The zero-order chi connectivity index (χ0) is 11.3. The van der Waals surface area contributed by atoms with Gasteiger partial charge in [-0.2, -0.15) is 0 Å². The van der Waals surface area contributed by atoms with E-state index in [0.717, 1.165) is 10.8 Å². The van der Waals surface area contributed by atoms with E-state index in [0.29, 0.717) is 22.9 Å². The molecule has 1 amide bonds. The van der Waals surface area contributed by atoms with Crippen molar-refractivity contribution in [1.29, 1.82) is 0 Å². The van der Waals surface area contributed by atoms with Crippen molar-refractivity contribution >= 4 is 40.1 Å². The number of hydrogen-bond acceptors (Lipinski definition) is 2. The topological polar surface area (TPSA) is 52.3 Å². The first-order valence-electron chi connectivity index (χ1n) is 4.43. The summed E-state index contributed by atoms with van der Waals surface area (Å²) < 4.78 is 6.44. The zero-order valence-electron chi connectivity index (χ0n) is 8.00. The summed E-state index contributed by atoms with van der Waals surface area (Å²) in [4.78, 5) is 11.1. The summed E-state index contributed by atoms with van der Waals surface area (Å²) in [5.41, 5.74) is 5.54. The van der Waals surface area contributed by atoms with Crippen molar-refractivity contribution in [1.82, 2.24) is 0 Å². The van der Waals surface area contributed by atoms with Crippen LogP contribution in [0.5, 0.6) is 5.75 Å². The van der Waals surface area contributed by atoms with Gasteiger partial charge in [-0.3, -0.25) is 4.79 Å². The van der Waals surface area contributed by atoms with E-state index in [1.165, 1.54) is 6.07 Å². The molecule has 15 heavy (non-hydrogen) atoms. The van der Waals surface area contributed by atoms with Crippen molar-refractivity contribution < 1.29 is 9.53 Å². The number of hydrogen-bond donors (Lipinski definition) is 1. The molecule has 3 nitrogen and oxygen atoms in total. The second-order valence-electron chi connectivity index (χ2n) is 2.90. The lowest BCUT2D eigenvalue weighted by atomic mass is 10.2. The molecule has 2 N–H and O–H groups in total. The van der Waals surface area contributed by atoms with Gasteiger partial charge in [-0.05, 0) is 24.6 Å². The molecule has 0 aliphatic carbocycles. The Labute approximate surface area is 107 Å². The zero-order valence-corrected chi connectivity index (χ0v) is 10.9. The minimum Gasteiger partial charge on any atom is -0.493 e. The van der Waals surface area contributed by atoms with Gasteiger partial charge in [0.2, 0.25) is 0 Å². The quantitative estimate of drug-likeness (QED) is 0.509. The number of rotatable bonds is 5. The minimum atomic E-state index is -0.526. The first kappa shape index (κ1) is 12.6. The molecule has 1 aromatic carbocycles. The van der Waals surface area contributed by atoms with Crippen molar-refractivity contribution in [3.05, 3.63) is 28.8 Å². The molecule has 0 bridgehead atoms. The highest BCUT2D eigenvalue weighted by atomic mass is 127. The minimum absolute atomic E-state index is 0.330. The fraction of sp³-hybridized carbons (Fsp3) is 0.300. The van der Waals surface area contributed by atoms with Crippen LogP contribution in [-0.2, 0) is 0 Å². The lowest BCUT2D eigenvalue weighted by Gasteiger charge is -2.08. The molecule has 0 aliphatic heterocycles.